The molecule has 1 aromatic carbocycles. The molecule has 2 aromatic rings. The van der Waals surface area contributed by atoms with Gasteiger partial charge in [0.2, 0.25) is 5.91 Å². The molecule has 0 aliphatic heterocycles. The summed E-state index contributed by atoms with van der Waals surface area (Å²) < 4.78 is 15.0. The molecule has 0 saturated heterocycles. The smallest absolute Gasteiger partial charge is 0.244 e. The topological polar surface area (TPSA) is 46.4 Å². The second kappa shape index (κ2) is 7.22. The molecule has 1 aromatic heterocycles. The lowest BCUT2D eigenvalue weighted by atomic mass is 10.1. The fourth-order valence-electron chi connectivity index (χ4n) is 2.73. The van der Waals surface area contributed by atoms with Gasteiger partial charge in [0.25, 0.3) is 0 Å². The van der Waals surface area contributed by atoms with Crippen molar-refractivity contribution in [2.75, 3.05) is 0 Å². The van der Waals surface area contributed by atoms with Crippen molar-refractivity contribution in [3.8, 4) is 0 Å². The summed E-state index contributed by atoms with van der Waals surface area (Å²) >= 11 is 0. The zero-order valence-corrected chi connectivity index (χ0v) is 13.9. The molecule has 23 heavy (non-hydrogen) atoms. The van der Waals surface area contributed by atoms with E-state index in [0.717, 1.165) is 22.5 Å². The van der Waals surface area contributed by atoms with E-state index < -0.39 is 0 Å². The molecule has 5 heteroatoms. The average Bonchev–Trinajstić information content (AvgIpc) is 2.76. The molecule has 0 saturated carbocycles. The van der Waals surface area contributed by atoms with Gasteiger partial charge in [-0.2, -0.15) is 5.10 Å². The fourth-order valence-corrected chi connectivity index (χ4v) is 2.73. The van der Waals surface area contributed by atoms with Crippen molar-refractivity contribution in [2.45, 2.75) is 40.2 Å². The van der Waals surface area contributed by atoms with Crippen LogP contribution in [-0.2, 0) is 11.2 Å². The first-order valence-electron chi connectivity index (χ1n) is 7.63. The minimum absolute atomic E-state index is 0.169. The molecule has 0 unspecified atom stereocenters. The van der Waals surface area contributed by atoms with Crippen LogP contribution >= 0.6 is 0 Å². The van der Waals surface area contributed by atoms with Crippen LogP contribution < -0.4 is 5.43 Å². The number of rotatable bonds is 5. The zero-order chi connectivity index (χ0) is 17.0. The Bertz CT molecular complexity index is 715. The van der Waals surface area contributed by atoms with Crippen molar-refractivity contribution in [3.05, 3.63) is 58.7 Å². The molecular weight excluding hydrogens is 293 g/mol. The van der Waals surface area contributed by atoms with Crippen LogP contribution in [-0.4, -0.2) is 16.7 Å². The molecule has 0 atom stereocenters. The van der Waals surface area contributed by atoms with Crippen LogP contribution in [0.2, 0.25) is 0 Å². The number of hydrazone groups is 1. The van der Waals surface area contributed by atoms with Gasteiger partial charge in [-0.05, 0) is 51.5 Å². The molecule has 0 aliphatic carbocycles. The van der Waals surface area contributed by atoms with Gasteiger partial charge in [-0.1, -0.05) is 12.1 Å². The standard InChI is InChI=1S/C18H22FN3O/c1-12(2)22-13(3)9-16(14(22)4)11-20-21-18(23)10-15-5-7-17(19)8-6-15/h5-9,11-12H,10H2,1-4H3,(H,21,23)/b20-11+. The van der Waals surface area contributed by atoms with E-state index in [1.165, 1.54) is 12.1 Å². The number of aromatic nitrogens is 1. The SMILES string of the molecule is Cc1cc(/C=N/NC(=O)Cc2ccc(F)cc2)c(C)n1C(C)C. The first-order valence-corrected chi connectivity index (χ1v) is 7.63. The van der Waals surface area contributed by atoms with E-state index in [0.29, 0.717) is 6.04 Å². The van der Waals surface area contributed by atoms with E-state index >= 15 is 0 Å². The van der Waals surface area contributed by atoms with Gasteiger partial charge in [0.1, 0.15) is 5.82 Å². The third kappa shape index (κ3) is 4.28. The van der Waals surface area contributed by atoms with Crippen LogP contribution in [0.3, 0.4) is 0 Å². The molecule has 0 spiro atoms. The van der Waals surface area contributed by atoms with Crippen molar-refractivity contribution >= 4 is 12.1 Å². The van der Waals surface area contributed by atoms with Gasteiger partial charge in [-0.25, -0.2) is 9.82 Å². The first-order chi connectivity index (χ1) is 10.9. The van der Waals surface area contributed by atoms with Gasteiger partial charge in [-0.15, -0.1) is 0 Å². The molecule has 0 bridgehead atoms. The van der Waals surface area contributed by atoms with Crippen LogP contribution in [0.15, 0.2) is 35.4 Å². The first kappa shape index (κ1) is 16.9. The van der Waals surface area contributed by atoms with Gasteiger partial charge < -0.3 is 4.57 Å². The highest BCUT2D eigenvalue weighted by Crippen LogP contribution is 2.18. The number of hydrogen-bond donors (Lipinski definition) is 1. The normalized spacial score (nSPS) is 11.4. The fraction of sp³-hybridized carbons (Fsp3) is 0.333. The van der Waals surface area contributed by atoms with Crippen LogP contribution in [0.1, 0.15) is 42.4 Å². The third-order valence-electron chi connectivity index (χ3n) is 3.71. The molecule has 0 radical (unpaired) electrons. The van der Waals surface area contributed by atoms with Crippen molar-refractivity contribution in [3.63, 3.8) is 0 Å². The second-order valence-electron chi connectivity index (χ2n) is 5.89. The lowest BCUT2D eigenvalue weighted by Crippen LogP contribution is -2.19. The number of amides is 1. The third-order valence-corrected chi connectivity index (χ3v) is 3.71. The summed E-state index contributed by atoms with van der Waals surface area (Å²) in [5.74, 6) is -0.543. The summed E-state index contributed by atoms with van der Waals surface area (Å²) in [7, 11) is 0. The van der Waals surface area contributed by atoms with Crippen LogP contribution in [0, 0.1) is 19.7 Å². The minimum Gasteiger partial charge on any atom is -0.346 e. The largest absolute Gasteiger partial charge is 0.346 e. The Balaban J connectivity index is 1.97. The summed E-state index contributed by atoms with van der Waals surface area (Å²) in [5.41, 5.74) is 6.52. The Kier molecular flexibility index (Phi) is 5.32. The number of aryl methyl sites for hydroxylation is 1. The van der Waals surface area contributed by atoms with Crippen LogP contribution in [0.5, 0.6) is 0 Å². The van der Waals surface area contributed by atoms with Crippen molar-refractivity contribution in [1.29, 1.82) is 0 Å². The summed E-state index contributed by atoms with van der Waals surface area (Å²) in [4.78, 5) is 11.8. The zero-order valence-electron chi connectivity index (χ0n) is 13.9. The summed E-state index contributed by atoms with van der Waals surface area (Å²) in [6.07, 6.45) is 1.83. The highest BCUT2D eigenvalue weighted by molar-refractivity contribution is 5.84. The van der Waals surface area contributed by atoms with Gasteiger partial charge in [0.05, 0.1) is 12.6 Å². The van der Waals surface area contributed by atoms with Crippen molar-refractivity contribution < 1.29 is 9.18 Å². The van der Waals surface area contributed by atoms with Gasteiger partial charge in [0.15, 0.2) is 0 Å². The Morgan fingerprint density at radius 2 is 1.96 bits per heavy atom. The molecule has 0 aliphatic rings. The highest BCUT2D eigenvalue weighted by atomic mass is 19.1. The number of nitrogens with zero attached hydrogens (tertiary/aromatic N) is 2. The minimum atomic E-state index is -0.312. The molecule has 1 heterocycles. The predicted molar refractivity (Wildman–Crippen MR) is 90.1 cm³/mol. The van der Waals surface area contributed by atoms with E-state index in [9.17, 15) is 9.18 Å². The Morgan fingerprint density at radius 3 is 2.52 bits per heavy atom. The molecule has 1 amide bonds. The van der Waals surface area contributed by atoms with E-state index in [-0.39, 0.29) is 18.1 Å². The monoisotopic (exact) mass is 315 g/mol. The lowest BCUT2D eigenvalue weighted by Gasteiger charge is -2.13. The maximum Gasteiger partial charge on any atom is 0.244 e. The van der Waals surface area contributed by atoms with Crippen LogP contribution in [0.25, 0.3) is 0 Å². The summed E-state index contributed by atoms with van der Waals surface area (Å²) in [6, 6.07) is 8.29. The summed E-state index contributed by atoms with van der Waals surface area (Å²) in [6.45, 7) is 8.35. The number of carbonyl (C=O) groups is 1. The van der Waals surface area contributed by atoms with Crippen molar-refractivity contribution in [1.82, 2.24) is 9.99 Å². The predicted octanol–water partition coefficient (Wildman–Crippen LogP) is 3.52. The number of hydrogen-bond acceptors (Lipinski definition) is 2. The van der Waals surface area contributed by atoms with Gasteiger partial charge >= 0.3 is 0 Å². The maximum absolute atomic E-state index is 12.8. The Labute approximate surface area is 136 Å². The van der Waals surface area contributed by atoms with Crippen molar-refractivity contribution in [2.24, 2.45) is 5.10 Å². The Hall–Kier alpha value is -2.43. The number of benzene rings is 1. The van der Waals surface area contributed by atoms with Gasteiger partial charge in [0, 0.05) is 23.0 Å². The molecular formula is C18H22FN3O. The summed E-state index contributed by atoms with van der Waals surface area (Å²) in [5, 5.41) is 4.02. The lowest BCUT2D eigenvalue weighted by molar-refractivity contribution is -0.120. The van der Waals surface area contributed by atoms with E-state index in [1.54, 1.807) is 18.3 Å². The van der Waals surface area contributed by atoms with E-state index in [1.807, 2.05) is 13.0 Å². The molecule has 2 rings (SSSR count). The van der Waals surface area contributed by atoms with Crippen LogP contribution in [0.4, 0.5) is 4.39 Å². The molecule has 4 nitrogen and oxygen atoms in total. The number of carbonyl (C=O) groups excluding carboxylic acids is 1. The van der Waals surface area contributed by atoms with Gasteiger partial charge in [-0.3, -0.25) is 4.79 Å². The molecule has 0 fully saturated rings. The highest BCUT2D eigenvalue weighted by Gasteiger charge is 2.10. The van der Waals surface area contributed by atoms with E-state index in [2.05, 4.69) is 35.9 Å². The number of nitrogens with one attached hydrogen (secondary N) is 1. The van der Waals surface area contributed by atoms with E-state index in [4.69, 9.17) is 0 Å². The Morgan fingerprint density at radius 1 is 1.30 bits per heavy atom. The molecule has 122 valence electrons. The maximum atomic E-state index is 12.8. The number of halogens is 1. The quantitative estimate of drug-likeness (QED) is 0.666. The average molecular weight is 315 g/mol. The second-order valence-corrected chi connectivity index (χ2v) is 5.89. The molecule has 1 N–H and O–H groups in total.